The van der Waals surface area contributed by atoms with Crippen molar-refractivity contribution in [1.29, 1.82) is 0 Å². The highest BCUT2D eigenvalue weighted by atomic mass is 35.5. The summed E-state index contributed by atoms with van der Waals surface area (Å²) in [6, 6.07) is 18.4. The number of ether oxygens (including phenoxy) is 1. The molecule has 0 unspecified atom stereocenters. The maximum absolute atomic E-state index is 12.3. The van der Waals surface area contributed by atoms with Gasteiger partial charge in [0.2, 0.25) is 5.28 Å². The standard InChI is InChI=1S/C19H15Cl2N3O2/c1-24(19(25)26-12-13-6-3-2-4-7-13)15-9-5-8-14(10-15)16-11-17(20)23-18(21)22-16/h2-11H,12H2,1H3. The van der Waals surface area contributed by atoms with E-state index in [-0.39, 0.29) is 17.0 Å². The molecule has 1 heterocycles. The number of hydrogen-bond donors (Lipinski definition) is 0. The Bertz CT molecular complexity index is 899. The van der Waals surface area contributed by atoms with E-state index in [0.717, 1.165) is 11.1 Å². The minimum atomic E-state index is -0.454. The fraction of sp³-hybridized carbons (Fsp3) is 0.105. The van der Waals surface area contributed by atoms with Crippen LogP contribution in [0.25, 0.3) is 11.3 Å². The molecule has 0 bridgehead atoms. The molecule has 5 nitrogen and oxygen atoms in total. The fourth-order valence-corrected chi connectivity index (χ4v) is 2.74. The fourth-order valence-electron chi connectivity index (χ4n) is 2.33. The molecule has 0 aliphatic heterocycles. The van der Waals surface area contributed by atoms with Crippen LogP contribution in [0.2, 0.25) is 10.4 Å². The van der Waals surface area contributed by atoms with Crippen LogP contribution in [0.5, 0.6) is 0 Å². The Morgan fingerprint density at radius 2 is 1.81 bits per heavy atom. The largest absolute Gasteiger partial charge is 0.444 e. The summed E-state index contributed by atoms with van der Waals surface area (Å²) >= 11 is 11.8. The lowest BCUT2D eigenvalue weighted by Gasteiger charge is -2.18. The Kier molecular flexibility index (Phi) is 5.71. The van der Waals surface area contributed by atoms with E-state index < -0.39 is 6.09 Å². The van der Waals surface area contributed by atoms with E-state index >= 15 is 0 Å². The molecule has 132 valence electrons. The number of nitrogens with zero attached hydrogens (tertiary/aromatic N) is 3. The van der Waals surface area contributed by atoms with Gasteiger partial charge in [0.1, 0.15) is 11.8 Å². The average molecular weight is 388 g/mol. The molecule has 0 saturated carbocycles. The van der Waals surface area contributed by atoms with Gasteiger partial charge >= 0.3 is 6.09 Å². The molecule has 26 heavy (non-hydrogen) atoms. The number of carbonyl (C=O) groups excluding carboxylic acids is 1. The zero-order valence-electron chi connectivity index (χ0n) is 13.9. The Hall–Kier alpha value is -2.63. The van der Waals surface area contributed by atoms with Crippen molar-refractivity contribution in [2.75, 3.05) is 11.9 Å². The van der Waals surface area contributed by atoms with Crippen molar-refractivity contribution in [3.63, 3.8) is 0 Å². The zero-order chi connectivity index (χ0) is 18.5. The molecule has 0 radical (unpaired) electrons. The second-order valence-corrected chi connectivity index (χ2v) is 6.22. The van der Waals surface area contributed by atoms with Crippen molar-refractivity contribution in [2.24, 2.45) is 0 Å². The van der Waals surface area contributed by atoms with Gasteiger partial charge in [-0.25, -0.2) is 14.8 Å². The Morgan fingerprint density at radius 3 is 2.54 bits per heavy atom. The topological polar surface area (TPSA) is 55.3 Å². The van der Waals surface area contributed by atoms with Crippen LogP contribution >= 0.6 is 23.2 Å². The monoisotopic (exact) mass is 387 g/mol. The van der Waals surface area contributed by atoms with Crippen molar-refractivity contribution in [2.45, 2.75) is 6.61 Å². The Morgan fingerprint density at radius 1 is 1.04 bits per heavy atom. The summed E-state index contributed by atoms with van der Waals surface area (Å²) < 4.78 is 5.35. The Labute approximate surface area is 161 Å². The summed E-state index contributed by atoms with van der Waals surface area (Å²) in [5.74, 6) is 0. The van der Waals surface area contributed by atoms with Crippen molar-refractivity contribution in [3.8, 4) is 11.3 Å². The summed E-state index contributed by atoms with van der Waals surface area (Å²) in [5.41, 5.74) is 2.92. The minimum Gasteiger partial charge on any atom is -0.444 e. The van der Waals surface area contributed by atoms with Gasteiger partial charge in [0.25, 0.3) is 0 Å². The van der Waals surface area contributed by atoms with E-state index in [1.807, 2.05) is 42.5 Å². The molecule has 1 amide bonds. The maximum atomic E-state index is 12.3. The smallest absolute Gasteiger partial charge is 0.414 e. The number of carbonyl (C=O) groups is 1. The highest BCUT2D eigenvalue weighted by molar-refractivity contribution is 6.32. The summed E-state index contributed by atoms with van der Waals surface area (Å²) in [4.78, 5) is 21.7. The summed E-state index contributed by atoms with van der Waals surface area (Å²) in [5, 5.41) is 0.314. The number of amides is 1. The van der Waals surface area contributed by atoms with Crippen LogP contribution in [0, 0.1) is 0 Å². The van der Waals surface area contributed by atoms with Crippen molar-refractivity contribution in [1.82, 2.24) is 9.97 Å². The predicted molar refractivity (Wildman–Crippen MR) is 103 cm³/mol. The molecule has 0 saturated heterocycles. The molecule has 0 aliphatic carbocycles. The maximum Gasteiger partial charge on any atom is 0.414 e. The van der Waals surface area contributed by atoms with Crippen LogP contribution in [0.3, 0.4) is 0 Å². The second kappa shape index (κ2) is 8.17. The van der Waals surface area contributed by atoms with E-state index in [9.17, 15) is 4.79 Å². The minimum absolute atomic E-state index is 0.0635. The zero-order valence-corrected chi connectivity index (χ0v) is 15.4. The number of rotatable bonds is 4. The van der Waals surface area contributed by atoms with E-state index in [2.05, 4.69) is 9.97 Å². The van der Waals surface area contributed by atoms with Gasteiger partial charge in [-0.15, -0.1) is 0 Å². The third kappa shape index (κ3) is 4.50. The van der Waals surface area contributed by atoms with Crippen molar-refractivity contribution < 1.29 is 9.53 Å². The van der Waals surface area contributed by atoms with Gasteiger partial charge in [-0.3, -0.25) is 4.90 Å². The Balaban J connectivity index is 1.75. The number of halogens is 2. The summed E-state index contributed by atoms with van der Waals surface area (Å²) in [6.45, 7) is 0.209. The predicted octanol–water partition coefficient (Wildman–Crippen LogP) is 5.22. The molecule has 0 fully saturated rings. The molecular weight excluding hydrogens is 373 g/mol. The number of aromatic nitrogens is 2. The normalized spacial score (nSPS) is 10.4. The van der Waals surface area contributed by atoms with E-state index in [4.69, 9.17) is 27.9 Å². The lowest BCUT2D eigenvalue weighted by atomic mass is 10.1. The van der Waals surface area contributed by atoms with Gasteiger partial charge < -0.3 is 4.74 Å². The van der Waals surface area contributed by atoms with Crippen LogP contribution in [-0.2, 0) is 11.3 Å². The third-order valence-corrected chi connectivity index (χ3v) is 4.04. The lowest BCUT2D eigenvalue weighted by molar-refractivity contribution is 0.148. The van der Waals surface area contributed by atoms with Crippen molar-refractivity contribution >= 4 is 35.0 Å². The molecule has 0 aliphatic rings. The first-order chi connectivity index (χ1) is 12.5. The van der Waals surface area contributed by atoms with Gasteiger partial charge in [-0.2, -0.15) is 0 Å². The van der Waals surface area contributed by atoms with Gasteiger partial charge in [-0.1, -0.05) is 54.1 Å². The third-order valence-electron chi connectivity index (χ3n) is 3.68. The number of anilines is 1. The van der Waals surface area contributed by atoms with E-state index in [0.29, 0.717) is 11.4 Å². The molecule has 0 spiro atoms. The van der Waals surface area contributed by atoms with Gasteiger partial charge in [0, 0.05) is 24.4 Å². The number of hydrogen-bond acceptors (Lipinski definition) is 4. The SMILES string of the molecule is CN(C(=O)OCc1ccccc1)c1cccc(-c2cc(Cl)nc(Cl)n2)c1. The highest BCUT2D eigenvalue weighted by Gasteiger charge is 2.14. The summed E-state index contributed by atoms with van der Waals surface area (Å²) in [7, 11) is 1.65. The van der Waals surface area contributed by atoms with Gasteiger partial charge in [-0.05, 0) is 29.3 Å². The molecule has 2 aromatic carbocycles. The molecule has 3 aromatic rings. The average Bonchev–Trinajstić information content (AvgIpc) is 2.65. The molecule has 0 N–H and O–H groups in total. The van der Waals surface area contributed by atoms with Crippen LogP contribution in [0.4, 0.5) is 10.5 Å². The molecule has 1 aromatic heterocycles. The molecular formula is C19H15Cl2N3O2. The second-order valence-electron chi connectivity index (χ2n) is 5.49. The van der Waals surface area contributed by atoms with Gasteiger partial charge in [0.05, 0.1) is 5.69 Å². The van der Waals surface area contributed by atoms with E-state index in [1.165, 1.54) is 4.90 Å². The lowest BCUT2D eigenvalue weighted by Crippen LogP contribution is -2.26. The molecule has 3 rings (SSSR count). The van der Waals surface area contributed by atoms with Gasteiger partial charge in [0.15, 0.2) is 0 Å². The highest BCUT2D eigenvalue weighted by Crippen LogP contribution is 2.25. The van der Waals surface area contributed by atoms with Crippen LogP contribution in [-0.4, -0.2) is 23.1 Å². The first-order valence-electron chi connectivity index (χ1n) is 7.78. The molecule has 0 atom stereocenters. The van der Waals surface area contributed by atoms with E-state index in [1.54, 1.807) is 25.2 Å². The van der Waals surface area contributed by atoms with Crippen LogP contribution < -0.4 is 4.90 Å². The number of benzene rings is 2. The summed E-state index contributed by atoms with van der Waals surface area (Å²) in [6.07, 6.45) is -0.454. The quantitative estimate of drug-likeness (QED) is 0.454. The van der Waals surface area contributed by atoms with Crippen molar-refractivity contribution in [3.05, 3.63) is 76.7 Å². The van der Waals surface area contributed by atoms with Crippen LogP contribution in [0.15, 0.2) is 60.7 Å². The van der Waals surface area contributed by atoms with Crippen LogP contribution in [0.1, 0.15) is 5.56 Å². The molecule has 7 heteroatoms. The first-order valence-corrected chi connectivity index (χ1v) is 8.53. The first kappa shape index (κ1) is 18.2.